The summed E-state index contributed by atoms with van der Waals surface area (Å²) in [5.41, 5.74) is 5.66. The summed E-state index contributed by atoms with van der Waals surface area (Å²) in [5, 5.41) is 15.0. The first-order valence-corrected chi connectivity index (χ1v) is 7.79. The fourth-order valence-electron chi connectivity index (χ4n) is 2.66. The Bertz CT molecular complexity index is 525. The second kappa shape index (κ2) is 6.17. The normalized spacial score (nSPS) is 17.9. The van der Waals surface area contributed by atoms with E-state index in [1.54, 1.807) is 11.8 Å². The van der Waals surface area contributed by atoms with Gasteiger partial charge in [0.1, 0.15) is 5.41 Å². The van der Waals surface area contributed by atoms with Crippen molar-refractivity contribution in [2.75, 3.05) is 11.6 Å². The van der Waals surface area contributed by atoms with Crippen LogP contribution in [0, 0.1) is 5.41 Å². The number of rotatable bonds is 4. The van der Waals surface area contributed by atoms with E-state index in [1.165, 1.54) is 0 Å². The molecule has 0 saturated heterocycles. The summed E-state index contributed by atoms with van der Waals surface area (Å²) in [6.07, 6.45) is 5.02. The van der Waals surface area contributed by atoms with Crippen LogP contribution in [0.2, 0.25) is 0 Å². The zero-order valence-corrected chi connectivity index (χ0v) is 12.2. The lowest BCUT2D eigenvalue weighted by Crippen LogP contribution is -2.45. The van der Waals surface area contributed by atoms with Gasteiger partial charge in [-0.1, -0.05) is 30.1 Å². The Hall–Kier alpha value is -1.69. The van der Waals surface area contributed by atoms with Gasteiger partial charge < -0.3 is 16.3 Å². The molecule has 1 aromatic rings. The van der Waals surface area contributed by atoms with E-state index in [9.17, 15) is 4.79 Å². The van der Waals surface area contributed by atoms with Crippen molar-refractivity contribution in [3.8, 4) is 0 Å². The zero-order chi connectivity index (χ0) is 14.6. The summed E-state index contributed by atoms with van der Waals surface area (Å²) in [6.45, 7) is 0. The lowest BCUT2D eigenvalue weighted by molar-refractivity contribution is -0.122. The molecule has 1 fully saturated rings. The number of benzene rings is 1. The van der Waals surface area contributed by atoms with E-state index < -0.39 is 5.41 Å². The number of carbonyl (C=O) groups is 1. The molecular formula is C14H19N3O2S. The van der Waals surface area contributed by atoms with Crippen molar-refractivity contribution in [1.29, 1.82) is 0 Å². The Morgan fingerprint density at radius 3 is 2.65 bits per heavy atom. The number of amidine groups is 1. The van der Waals surface area contributed by atoms with Gasteiger partial charge in [-0.3, -0.25) is 4.79 Å². The maximum absolute atomic E-state index is 12.6. The van der Waals surface area contributed by atoms with Crippen LogP contribution < -0.4 is 11.1 Å². The maximum atomic E-state index is 12.6. The fourth-order valence-corrected chi connectivity index (χ4v) is 3.22. The van der Waals surface area contributed by atoms with Crippen LogP contribution in [0.15, 0.2) is 34.3 Å². The molecule has 0 unspecified atom stereocenters. The number of amides is 1. The summed E-state index contributed by atoms with van der Waals surface area (Å²) >= 11 is 1.57. The van der Waals surface area contributed by atoms with Crippen LogP contribution in [0.4, 0.5) is 5.69 Å². The molecule has 1 aliphatic rings. The molecule has 0 aliphatic heterocycles. The predicted octanol–water partition coefficient (Wildman–Crippen LogP) is 2.65. The molecule has 0 atom stereocenters. The molecule has 1 aliphatic carbocycles. The number of nitrogens with two attached hydrogens (primary N) is 1. The highest BCUT2D eigenvalue weighted by Crippen LogP contribution is 2.40. The lowest BCUT2D eigenvalue weighted by atomic mass is 9.83. The Morgan fingerprint density at radius 1 is 1.40 bits per heavy atom. The topological polar surface area (TPSA) is 87.7 Å². The second-order valence-corrected chi connectivity index (χ2v) is 5.78. The second-order valence-electron chi connectivity index (χ2n) is 4.93. The first-order valence-electron chi connectivity index (χ1n) is 6.56. The van der Waals surface area contributed by atoms with Crippen LogP contribution in [0.25, 0.3) is 0 Å². The molecule has 0 radical (unpaired) electrons. The van der Waals surface area contributed by atoms with Gasteiger partial charge in [0.05, 0.1) is 5.69 Å². The molecule has 1 amide bonds. The SMILES string of the molecule is CSc1ccccc1NC(=O)C1(/C(N)=N/O)CCCC1. The molecular weight excluding hydrogens is 274 g/mol. The molecule has 108 valence electrons. The number of carbonyl (C=O) groups excluding carboxylic acids is 1. The number of thioether (sulfide) groups is 1. The fraction of sp³-hybridized carbons (Fsp3) is 0.429. The summed E-state index contributed by atoms with van der Waals surface area (Å²) in [5.74, 6) is -0.180. The van der Waals surface area contributed by atoms with Crippen LogP contribution in [0.1, 0.15) is 25.7 Å². The van der Waals surface area contributed by atoms with Crippen molar-refractivity contribution in [1.82, 2.24) is 0 Å². The smallest absolute Gasteiger partial charge is 0.238 e. The molecule has 1 aromatic carbocycles. The third-order valence-corrected chi connectivity index (χ3v) is 4.64. The van der Waals surface area contributed by atoms with Crippen molar-refractivity contribution in [3.05, 3.63) is 24.3 Å². The Kier molecular flexibility index (Phi) is 4.54. The number of hydrogen-bond acceptors (Lipinski definition) is 4. The lowest BCUT2D eigenvalue weighted by Gasteiger charge is -2.26. The van der Waals surface area contributed by atoms with Gasteiger partial charge in [-0.15, -0.1) is 11.8 Å². The van der Waals surface area contributed by atoms with Gasteiger partial charge in [0.15, 0.2) is 5.84 Å². The number of hydrogen-bond donors (Lipinski definition) is 3. The zero-order valence-electron chi connectivity index (χ0n) is 11.4. The van der Waals surface area contributed by atoms with E-state index >= 15 is 0 Å². The van der Waals surface area contributed by atoms with Crippen LogP contribution >= 0.6 is 11.8 Å². The molecule has 5 nitrogen and oxygen atoms in total. The highest BCUT2D eigenvalue weighted by molar-refractivity contribution is 7.98. The van der Waals surface area contributed by atoms with E-state index in [0.29, 0.717) is 12.8 Å². The average molecular weight is 293 g/mol. The highest BCUT2D eigenvalue weighted by Gasteiger charge is 2.45. The first-order chi connectivity index (χ1) is 9.64. The highest BCUT2D eigenvalue weighted by atomic mass is 32.2. The van der Waals surface area contributed by atoms with Crippen molar-refractivity contribution in [2.24, 2.45) is 16.3 Å². The summed E-state index contributed by atoms with van der Waals surface area (Å²) in [7, 11) is 0. The largest absolute Gasteiger partial charge is 0.409 e. The van der Waals surface area contributed by atoms with Gasteiger partial charge in [-0.25, -0.2) is 0 Å². The number of nitrogens with one attached hydrogen (secondary N) is 1. The third-order valence-electron chi connectivity index (χ3n) is 3.84. The maximum Gasteiger partial charge on any atom is 0.238 e. The molecule has 2 rings (SSSR count). The Labute approximate surface area is 122 Å². The molecule has 6 heteroatoms. The minimum Gasteiger partial charge on any atom is -0.409 e. The van der Waals surface area contributed by atoms with Crippen molar-refractivity contribution in [3.63, 3.8) is 0 Å². The van der Waals surface area contributed by atoms with E-state index in [1.807, 2.05) is 30.5 Å². The molecule has 4 N–H and O–H groups in total. The first kappa shape index (κ1) is 14.7. The van der Waals surface area contributed by atoms with E-state index in [4.69, 9.17) is 10.9 Å². The molecule has 0 spiro atoms. The van der Waals surface area contributed by atoms with Gasteiger partial charge in [-0.05, 0) is 31.2 Å². The Morgan fingerprint density at radius 2 is 2.05 bits per heavy atom. The third kappa shape index (κ3) is 2.60. The number of oxime groups is 1. The van der Waals surface area contributed by atoms with E-state index in [2.05, 4.69) is 10.5 Å². The molecule has 20 heavy (non-hydrogen) atoms. The minimum absolute atomic E-state index is 0.00846. The van der Waals surface area contributed by atoms with Gasteiger partial charge in [0.2, 0.25) is 5.91 Å². The average Bonchev–Trinajstić information content (AvgIpc) is 2.97. The summed E-state index contributed by atoms with van der Waals surface area (Å²) in [6, 6.07) is 7.61. The summed E-state index contributed by atoms with van der Waals surface area (Å²) < 4.78 is 0. The monoisotopic (exact) mass is 293 g/mol. The minimum atomic E-state index is -0.875. The van der Waals surface area contributed by atoms with Crippen LogP contribution in [-0.4, -0.2) is 23.2 Å². The van der Waals surface area contributed by atoms with Gasteiger partial charge in [0.25, 0.3) is 0 Å². The van der Waals surface area contributed by atoms with Gasteiger partial charge in [-0.2, -0.15) is 0 Å². The molecule has 0 bridgehead atoms. The van der Waals surface area contributed by atoms with E-state index in [0.717, 1.165) is 23.4 Å². The van der Waals surface area contributed by atoms with Crippen molar-refractivity contribution >= 4 is 29.2 Å². The van der Waals surface area contributed by atoms with E-state index in [-0.39, 0.29) is 11.7 Å². The van der Waals surface area contributed by atoms with Crippen LogP contribution in [0.5, 0.6) is 0 Å². The molecule has 0 heterocycles. The van der Waals surface area contributed by atoms with Gasteiger partial charge in [0, 0.05) is 4.90 Å². The number of nitrogens with zero attached hydrogens (tertiary/aromatic N) is 1. The van der Waals surface area contributed by atoms with Crippen molar-refractivity contribution < 1.29 is 10.0 Å². The number of anilines is 1. The van der Waals surface area contributed by atoms with Crippen LogP contribution in [-0.2, 0) is 4.79 Å². The number of para-hydroxylation sites is 1. The van der Waals surface area contributed by atoms with Crippen LogP contribution in [0.3, 0.4) is 0 Å². The predicted molar refractivity (Wildman–Crippen MR) is 81.2 cm³/mol. The standard InChI is InChI=1S/C14H19N3O2S/c1-20-11-7-3-2-6-10(11)16-13(18)14(12(15)17-19)8-4-5-9-14/h2-3,6-7,19H,4-5,8-9H2,1H3,(H2,15,17)(H,16,18). The quantitative estimate of drug-likeness (QED) is 0.262. The summed E-state index contributed by atoms with van der Waals surface area (Å²) in [4.78, 5) is 13.6. The van der Waals surface area contributed by atoms with Crippen molar-refractivity contribution in [2.45, 2.75) is 30.6 Å². The molecule has 1 saturated carbocycles. The Balaban J connectivity index is 2.26. The van der Waals surface area contributed by atoms with Gasteiger partial charge >= 0.3 is 0 Å². The molecule has 0 aromatic heterocycles.